The Morgan fingerprint density at radius 3 is 2.21 bits per heavy atom. The Labute approximate surface area is 212 Å². The van der Waals surface area contributed by atoms with E-state index >= 15 is 0 Å². The topological polar surface area (TPSA) is 75.7 Å². The number of sulfonamides is 1. The van der Waals surface area contributed by atoms with Crippen LogP contribution in [0.2, 0.25) is 10.0 Å². The number of nitrogens with zero attached hydrogens (tertiary/aromatic N) is 1. The number of benzene rings is 2. The van der Waals surface area contributed by atoms with E-state index in [2.05, 4.69) is 19.2 Å². The predicted molar refractivity (Wildman–Crippen MR) is 137 cm³/mol. The Morgan fingerprint density at radius 1 is 1.09 bits per heavy atom. The second-order valence-electron chi connectivity index (χ2n) is 9.09. The summed E-state index contributed by atoms with van der Waals surface area (Å²) in [5, 5.41) is 3.86. The molecule has 2 aromatic rings. The first-order chi connectivity index (χ1) is 16.1. The average molecular weight is 528 g/mol. The number of ether oxygens (including phenoxy) is 1. The molecule has 0 aromatic heterocycles. The lowest BCUT2D eigenvalue weighted by Crippen LogP contribution is -2.44. The lowest BCUT2D eigenvalue weighted by atomic mass is 9.93. The van der Waals surface area contributed by atoms with Crippen molar-refractivity contribution in [2.45, 2.75) is 44.9 Å². The molecule has 0 spiro atoms. The van der Waals surface area contributed by atoms with Gasteiger partial charge in [-0.1, -0.05) is 55.2 Å². The predicted octanol–water partition coefficient (Wildman–Crippen LogP) is 5.45. The monoisotopic (exact) mass is 526 g/mol. The first-order valence-electron chi connectivity index (χ1n) is 11.5. The average Bonchev–Trinajstić information content (AvgIpc) is 2.81. The first kappa shape index (κ1) is 26.8. The highest BCUT2D eigenvalue weighted by atomic mass is 35.5. The molecule has 1 atom stereocenters. The first-order valence-corrected chi connectivity index (χ1v) is 13.8. The number of hydrogen-bond donors (Lipinski definition) is 1. The molecule has 0 bridgehead atoms. The van der Waals surface area contributed by atoms with Crippen molar-refractivity contribution in [1.82, 2.24) is 9.62 Å². The molecule has 2 aromatic carbocycles. The van der Waals surface area contributed by atoms with E-state index in [1.54, 1.807) is 25.3 Å². The third kappa shape index (κ3) is 6.87. The van der Waals surface area contributed by atoms with Crippen LogP contribution in [0.4, 0.5) is 0 Å². The Morgan fingerprint density at radius 2 is 1.68 bits per heavy atom. The van der Waals surface area contributed by atoms with Gasteiger partial charge in [-0.15, -0.1) is 0 Å². The van der Waals surface area contributed by atoms with Crippen molar-refractivity contribution in [3.05, 3.63) is 63.6 Å². The number of halogens is 2. The zero-order valence-electron chi connectivity index (χ0n) is 19.8. The van der Waals surface area contributed by atoms with E-state index in [0.717, 1.165) is 17.7 Å². The molecule has 0 radical (unpaired) electrons. The highest BCUT2D eigenvalue weighted by Crippen LogP contribution is 2.30. The summed E-state index contributed by atoms with van der Waals surface area (Å²) in [4.78, 5) is 13.1. The highest BCUT2D eigenvalue weighted by molar-refractivity contribution is 7.88. The minimum Gasteiger partial charge on any atom is -0.497 e. The van der Waals surface area contributed by atoms with E-state index in [0.29, 0.717) is 47.5 Å². The number of piperidine rings is 1. The maximum Gasteiger partial charge on any atom is 0.223 e. The summed E-state index contributed by atoms with van der Waals surface area (Å²) < 4.78 is 32.6. The minimum absolute atomic E-state index is 0.0346. The second kappa shape index (κ2) is 11.8. The van der Waals surface area contributed by atoms with Crippen LogP contribution in [0.5, 0.6) is 5.75 Å². The lowest BCUT2D eigenvalue weighted by molar-refractivity contribution is -0.127. The number of rotatable bonds is 9. The summed E-state index contributed by atoms with van der Waals surface area (Å²) in [6, 6.07) is 12.6. The molecule has 1 fully saturated rings. The molecule has 1 saturated heterocycles. The van der Waals surface area contributed by atoms with Gasteiger partial charge in [-0.05, 0) is 55.0 Å². The summed E-state index contributed by atoms with van der Waals surface area (Å²) in [7, 11) is -1.98. The van der Waals surface area contributed by atoms with Gasteiger partial charge in [0.2, 0.25) is 15.9 Å². The molecule has 1 heterocycles. The van der Waals surface area contributed by atoms with Crippen molar-refractivity contribution in [3.63, 3.8) is 0 Å². The summed E-state index contributed by atoms with van der Waals surface area (Å²) in [6.45, 7) is 4.83. The van der Waals surface area contributed by atoms with Gasteiger partial charge in [0.05, 0.1) is 18.9 Å². The standard InChI is InChI=1S/C25H32Cl2N2O4S/c1-17(2)15-24(18-7-9-20(33-3)10-8-18)28-25(30)19-11-13-29(14-12-19)34(31,32)16-21-22(26)5-4-6-23(21)27/h4-10,17,19,24H,11-16H2,1-3H3,(H,28,30)/t24-/m1/s1. The Hall–Kier alpha value is -1.80. The molecule has 0 aliphatic carbocycles. The molecule has 0 unspecified atom stereocenters. The van der Waals surface area contributed by atoms with Crippen LogP contribution in [0.3, 0.4) is 0 Å². The fraction of sp³-hybridized carbons (Fsp3) is 0.480. The second-order valence-corrected chi connectivity index (χ2v) is 11.9. The lowest BCUT2D eigenvalue weighted by Gasteiger charge is -2.32. The summed E-state index contributed by atoms with van der Waals surface area (Å²) in [5.74, 6) is 0.646. The molecule has 1 aliphatic heterocycles. The van der Waals surface area contributed by atoms with Crippen molar-refractivity contribution >= 4 is 39.1 Å². The largest absolute Gasteiger partial charge is 0.497 e. The van der Waals surface area contributed by atoms with Gasteiger partial charge in [-0.2, -0.15) is 0 Å². The quantitative estimate of drug-likeness (QED) is 0.471. The third-order valence-electron chi connectivity index (χ3n) is 6.15. The van der Waals surface area contributed by atoms with Crippen LogP contribution in [0.1, 0.15) is 50.3 Å². The SMILES string of the molecule is COc1ccc([C@@H](CC(C)C)NC(=O)C2CCN(S(=O)(=O)Cc3c(Cl)cccc3Cl)CC2)cc1. The van der Waals surface area contributed by atoms with E-state index < -0.39 is 10.0 Å². The van der Waals surface area contributed by atoms with Gasteiger partial charge in [0, 0.05) is 34.6 Å². The molecule has 6 nitrogen and oxygen atoms in total. The van der Waals surface area contributed by atoms with Gasteiger partial charge in [0.1, 0.15) is 5.75 Å². The van der Waals surface area contributed by atoms with Crippen LogP contribution in [-0.2, 0) is 20.6 Å². The maximum absolute atomic E-state index is 13.1. The molecule has 186 valence electrons. The Kier molecular flexibility index (Phi) is 9.27. The molecule has 34 heavy (non-hydrogen) atoms. The number of nitrogens with one attached hydrogen (secondary N) is 1. The van der Waals surface area contributed by atoms with E-state index in [1.807, 2.05) is 24.3 Å². The normalized spacial score (nSPS) is 16.4. The summed E-state index contributed by atoms with van der Waals surface area (Å²) >= 11 is 12.3. The van der Waals surface area contributed by atoms with Crippen LogP contribution >= 0.6 is 23.2 Å². The van der Waals surface area contributed by atoms with E-state index in [9.17, 15) is 13.2 Å². The molecule has 1 amide bonds. The van der Waals surface area contributed by atoms with E-state index in [1.165, 1.54) is 4.31 Å². The van der Waals surface area contributed by atoms with Gasteiger partial charge < -0.3 is 10.1 Å². The number of hydrogen-bond acceptors (Lipinski definition) is 4. The van der Waals surface area contributed by atoms with Crippen molar-refractivity contribution in [3.8, 4) is 5.75 Å². The molecular formula is C25H32Cl2N2O4S. The van der Waals surface area contributed by atoms with Crippen molar-refractivity contribution in [2.24, 2.45) is 11.8 Å². The summed E-state index contributed by atoms with van der Waals surface area (Å²) in [6.07, 6.45) is 1.75. The van der Waals surface area contributed by atoms with Gasteiger partial charge >= 0.3 is 0 Å². The molecule has 3 rings (SSSR count). The number of carbonyl (C=O) groups is 1. The maximum atomic E-state index is 13.1. The van der Waals surface area contributed by atoms with Gasteiger partial charge in [-0.3, -0.25) is 4.79 Å². The van der Waals surface area contributed by atoms with Crippen LogP contribution in [0.15, 0.2) is 42.5 Å². The number of methoxy groups -OCH3 is 1. The Bertz CT molecular complexity index is 1060. The fourth-order valence-electron chi connectivity index (χ4n) is 4.22. The van der Waals surface area contributed by atoms with Crippen LogP contribution in [0.25, 0.3) is 0 Å². The zero-order chi connectivity index (χ0) is 24.9. The van der Waals surface area contributed by atoms with Gasteiger partial charge in [0.15, 0.2) is 0 Å². The van der Waals surface area contributed by atoms with Gasteiger partial charge in [0.25, 0.3) is 0 Å². The smallest absolute Gasteiger partial charge is 0.223 e. The fourth-order valence-corrected chi connectivity index (χ4v) is 6.53. The Balaban J connectivity index is 1.62. The zero-order valence-corrected chi connectivity index (χ0v) is 22.1. The molecule has 1 aliphatic rings. The van der Waals surface area contributed by atoms with Crippen molar-refractivity contribution in [1.29, 1.82) is 0 Å². The molecule has 0 saturated carbocycles. The minimum atomic E-state index is -3.60. The number of amides is 1. The van der Waals surface area contributed by atoms with E-state index in [-0.39, 0.29) is 23.6 Å². The van der Waals surface area contributed by atoms with Crippen molar-refractivity contribution < 1.29 is 17.9 Å². The van der Waals surface area contributed by atoms with Crippen LogP contribution in [0, 0.1) is 11.8 Å². The molecule has 1 N–H and O–H groups in total. The number of carbonyl (C=O) groups excluding carboxylic acids is 1. The van der Waals surface area contributed by atoms with Crippen LogP contribution in [-0.4, -0.2) is 38.8 Å². The van der Waals surface area contributed by atoms with Crippen molar-refractivity contribution in [2.75, 3.05) is 20.2 Å². The van der Waals surface area contributed by atoms with E-state index in [4.69, 9.17) is 27.9 Å². The molecular weight excluding hydrogens is 495 g/mol. The molecule has 9 heteroatoms. The summed E-state index contributed by atoms with van der Waals surface area (Å²) in [5.41, 5.74) is 1.43. The van der Waals surface area contributed by atoms with Gasteiger partial charge in [-0.25, -0.2) is 12.7 Å². The highest BCUT2D eigenvalue weighted by Gasteiger charge is 2.33. The van der Waals surface area contributed by atoms with Crippen LogP contribution < -0.4 is 10.1 Å². The third-order valence-corrected chi connectivity index (χ3v) is 8.66.